The van der Waals surface area contributed by atoms with Crippen molar-refractivity contribution in [3.05, 3.63) is 54.1 Å². The van der Waals surface area contributed by atoms with Gasteiger partial charge < -0.3 is 14.8 Å². The normalized spacial score (nSPS) is 16.2. The summed E-state index contributed by atoms with van der Waals surface area (Å²) in [5.41, 5.74) is 1.28. The maximum atomic E-state index is 13.2. The summed E-state index contributed by atoms with van der Waals surface area (Å²) in [5, 5.41) is 2.97. The number of ether oxygens (including phenoxy) is 2. The van der Waals surface area contributed by atoms with Crippen molar-refractivity contribution in [3.8, 4) is 5.75 Å². The van der Waals surface area contributed by atoms with Crippen LogP contribution < -0.4 is 14.8 Å². The molecule has 2 aromatic rings. The van der Waals surface area contributed by atoms with Crippen LogP contribution in [-0.4, -0.2) is 40.9 Å². The lowest BCUT2D eigenvalue weighted by Gasteiger charge is -2.36. The highest BCUT2D eigenvalue weighted by Gasteiger charge is 2.41. The van der Waals surface area contributed by atoms with Crippen molar-refractivity contribution < 1.29 is 22.7 Å². The molecule has 1 amide bonds. The van der Waals surface area contributed by atoms with E-state index in [0.29, 0.717) is 37.4 Å². The quantitative estimate of drug-likeness (QED) is 0.772. The van der Waals surface area contributed by atoms with Crippen molar-refractivity contribution in [3.63, 3.8) is 0 Å². The van der Waals surface area contributed by atoms with E-state index < -0.39 is 15.4 Å². The molecule has 0 unspecified atom stereocenters. The summed E-state index contributed by atoms with van der Waals surface area (Å²) in [4.78, 5) is 13.2. The van der Waals surface area contributed by atoms with Gasteiger partial charge in [0.2, 0.25) is 15.9 Å². The van der Waals surface area contributed by atoms with Gasteiger partial charge in [0.05, 0.1) is 18.8 Å². The first-order valence-electron chi connectivity index (χ1n) is 8.94. The summed E-state index contributed by atoms with van der Waals surface area (Å²) in [6.07, 6.45) is 2.25. The van der Waals surface area contributed by atoms with E-state index in [1.165, 1.54) is 0 Å². The number of methoxy groups -OCH3 is 1. The third kappa shape index (κ3) is 4.63. The van der Waals surface area contributed by atoms with Crippen LogP contribution in [-0.2, 0) is 25.0 Å². The van der Waals surface area contributed by atoms with E-state index in [1.807, 2.05) is 24.3 Å². The minimum Gasteiger partial charge on any atom is -0.497 e. The molecule has 1 fully saturated rings. The van der Waals surface area contributed by atoms with Gasteiger partial charge in [-0.15, -0.1) is 0 Å². The lowest BCUT2D eigenvalue weighted by molar-refractivity contribution is -0.125. The monoisotopic (exact) mass is 404 g/mol. The summed E-state index contributed by atoms with van der Waals surface area (Å²) >= 11 is 0. The minimum absolute atomic E-state index is 0.107. The van der Waals surface area contributed by atoms with Gasteiger partial charge in [-0.05, 0) is 54.8 Å². The average molecular weight is 404 g/mol. The highest BCUT2D eigenvalue weighted by Crippen LogP contribution is 2.37. The molecule has 3 rings (SSSR count). The Morgan fingerprint density at radius 3 is 2.11 bits per heavy atom. The van der Waals surface area contributed by atoms with Crippen molar-refractivity contribution >= 4 is 27.3 Å². The first-order valence-corrected chi connectivity index (χ1v) is 10.8. The molecule has 1 aliphatic rings. The van der Waals surface area contributed by atoms with Crippen molar-refractivity contribution in [1.29, 1.82) is 0 Å². The Morgan fingerprint density at radius 2 is 1.57 bits per heavy atom. The lowest BCUT2D eigenvalue weighted by Crippen LogP contribution is -2.44. The standard InChI is InChI=1S/C20H24N2O5S/c1-26-18-9-3-15(4-10-18)20(11-13-27-14-12-20)19(23)21-16-5-7-17(8-6-16)22-28(2,24)25/h3-10,22H,11-14H2,1-2H3,(H,21,23). The van der Waals surface area contributed by atoms with Crippen molar-refractivity contribution in [2.24, 2.45) is 0 Å². The van der Waals surface area contributed by atoms with E-state index in [-0.39, 0.29) is 5.91 Å². The fourth-order valence-electron chi connectivity index (χ4n) is 3.36. The maximum Gasteiger partial charge on any atom is 0.235 e. The zero-order valence-corrected chi connectivity index (χ0v) is 16.7. The molecule has 2 aromatic carbocycles. The van der Waals surface area contributed by atoms with Gasteiger partial charge >= 0.3 is 0 Å². The predicted octanol–water partition coefficient (Wildman–Crippen LogP) is 2.75. The maximum absolute atomic E-state index is 13.2. The molecule has 1 heterocycles. The molecule has 0 spiro atoms. The van der Waals surface area contributed by atoms with Gasteiger partial charge in [0.15, 0.2) is 0 Å². The van der Waals surface area contributed by atoms with E-state index in [0.717, 1.165) is 17.6 Å². The lowest BCUT2D eigenvalue weighted by atomic mass is 9.73. The SMILES string of the molecule is COc1ccc(C2(C(=O)Nc3ccc(NS(C)(=O)=O)cc3)CCOCC2)cc1. The molecular weight excluding hydrogens is 380 g/mol. The molecule has 1 aliphatic heterocycles. The fourth-order valence-corrected chi connectivity index (χ4v) is 3.93. The number of hydrogen-bond donors (Lipinski definition) is 2. The zero-order valence-electron chi connectivity index (χ0n) is 15.9. The number of anilines is 2. The zero-order chi connectivity index (χ0) is 20.2. The summed E-state index contributed by atoms with van der Waals surface area (Å²) in [7, 11) is -1.74. The summed E-state index contributed by atoms with van der Waals surface area (Å²) in [6.45, 7) is 1.02. The molecule has 2 N–H and O–H groups in total. The van der Waals surface area contributed by atoms with Crippen LogP contribution in [0.3, 0.4) is 0 Å². The van der Waals surface area contributed by atoms with Crippen molar-refractivity contribution in [2.75, 3.05) is 36.6 Å². The topological polar surface area (TPSA) is 93.7 Å². The predicted molar refractivity (Wildman–Crippen MR) is 108 cm³/mol. The Morgan fingerprint density at radius 1 is 1.00 bits per heavy atom. The van der Waals surface area contributed by atoms with Gasteiger partial charge in [-0.2, -0.15) is 0 Å². The molecular formula is C20H24N2O5S. The first-order chi connectivity index (χ1) is 13.3. The molecule has 8 heteroatoms. The second-order valence-electron chi connectivity index (χ2n) is 6.83. The van der Waals surface area contributed by atoms with Crippen LogP contribution in [0, 0.1) is 0 Å². The van der Waals surface area contributed by atoms with Crippen LogP contribution in [0.15, 0.2) is 48.5 Å². The van der Waals surface area contributed by atoms with Gasteiger partial charge in [0.1, 0.15) is 5.75 Å². The highest BCUT2D eigenvalue weighted by atomic mass is 32.2. The molecule has 150 valence electrons. The van der Waals surface area contributed by atoms with Gasteiger partial charge in [-0.1, -0.05) is 12.1 Å². The van der Waals surface area contributed by atoms with Crippen LogP contribution in [0.2, 0.25) is 0 Å². The Balaban J connectivity index is 1.82. The number of benzene rings is 2. The third-order valence-electron chi connectivity index (χ3n) is 4.87. The van der Waals surface area contributed by atoms with Crippen molar-refractivity contribution in [2.45, 2.75) is 18.3 Å². The second kappa shape index (κ2) is 8.20. The highest BCUT2D eigenvalue weighted by molar-refractivity contribution is 7.92. The van der Waals surface area contributed by atoms with E-state index >= 15 is 0 Å². The minimum atomic E-state index is -3.34. The fraction of sp³-hybridized carbons (Fsp3) is 0.350. The Hall–Kier alpha value is -2.58. The summed E-state index contributed by atoms with van der Waals surface area (Å²) in [5.74, 6) is 0.630. The summed E-state index contributed by atoms with van der Waals surface area (Å²) < 4.78 is 35.7. The molecule has 1 saturated heterocycles. The van der Waals surface area contributed by atoms with Gasteiger partial charge in [0, 0.05) is 24.6 Å². The van der Waals surface area contributed by atoms with E-state index in [2.05, 4.69) is 10.0 Å². The average Bonchev–Trinajstić information content (AvgIpc) is 2.69. The van der Waals surface area contributed by atoms with Crippen LogP contribution in [0.5, 0.6) is 5.75 Å². The molecule has 7 nitrogen and oxygen atoms in total. The number of rotatable bonds is 6. The number of carbonyl (C=O) groups is 1. The Bertz CT molecular complexity index is 918. The van der Waals surface area contributed by atoms with Crippen LogP contribution in [0.1, 0.15) is 18.4 Å². The molecule has 0 atom stereocenters. The molecule has 0 bridgehead atoms. The largest absolute Gasteiger partial charge is 0.497 e. The number of amides is 1. The van der Waals surface area contributed by atoms with Gasteiger partial charge in [-0.3, -0.25) is 9.52 Å². The second-order valence-corrected chi connectivity index (χ2v) is 8.58. The van der Waals surface area contributed by atoms with Crippen LogP contribution >= 0.6 is 0 Å². The van der Waals surface area contributed by atoms with Crippen LogP contribution in [0.4, 0.5) is 11.4 Å². The number of nitrogens with one attached hydrogen (secondary N) is 2. The number of sulfonamides is 1. The number of carbonyl (C=O) groups excluding carboxylic acids is 1. The molecule has 0 aromatic heterocycles. The first kappa shape index (κ1) is 20.2. The molecule has 0 aliphatic carbocycles. The van der Waals surface area contributed by atoms with Gasteiger partial charge in [0.25, 0.3) is 0 Å². The Kier molecular flexibility index (Phi) is 5.90. The smallest absolute Gasteiger partial charge is 0.235 e. The van der Waals surface area contributed by atoms with E-state index in [4.69, 9.17) is 9.47 Å². The summed E-state index contributed by atoms with van der Waals surface area (Å²) in [6, 6.07) is 14.1. The Labute approximate surface area is 165 Å². The van der Waals surface area contributed by atoms with Crippen LogP contribution in [0.25, 0.3) is 0 Å². The number of hydrogen-bond acceptors (Lipinski definition) is 5. The van der Waals surface area contributed by atoms with E-state index in [9.17, 15) is 13.2 Å². The third-order valence-corrected chi connectivity index (χ3v) is 5.48. The molecule has 0 radical (unpaired) electrons. The van der Waals surface area contributed by atoms with E-state index in [1.54, 1.807) is 31.4 Å². The molecule has 28 heavy (non-hydrogen) atoms. The molecule has 0 saturated carbocycles. The van der Waals surface area contributed by atoms with Gasteiger partial charge in [-0.25, -0.2) is 8.42 Å². The van der Waals surface area contributed by atoms with Crippen molar-refractivity contribution in [1.82, 2.24) is 0 Å².